The molecule has 6 nitrogen and oxygen atoms in total. The maximum atomic E-state index is 11.9. The molecule has 2 rings (SSSR count). The zero-order valence-electron chi connectivity index (χ0n) is 13.0. The lowest BCUT2D eigenvalue weighted by molar-refractivity contribution is 0.256. The number of aromatic nitrogens is 1. The summed E-state index contributed by atoms with van der Waals surface area (Å²) in [5.74, 6) is 0.0504. The molecular weight excluding hydrogens is 314 g/mol. The monoisotopic (exact) mass is 333 g/mol. The molecule has 0 unspecified atom stereocenters. The van der Waals surface area contributed by atoms with E-state index in [-0.39, 0.29) is 18.4 Å². The maximum absolute atomic E-state index is 11.9. The number of urea groups is 1. The van der Waals surface area contributed by atoms with E-state index in [0.717, 1.165) is 22.5 Å². The van der Waals surface area contributed by atoms with Crippen LogP contribution >= 0.6 is 12.4 Å². The second-order valence-corrected chi connectivity index (χ2v) is 4.87. The molecule has 1 heterocycles. The fourth-order valence-electron chi connectivity index (χ4n) is 1.97. The summed E-state index contributed by atoms with van der Waals surface area (Å²) in [7, 11) is 0. The minimum atomic E-state index is -0.417. The van der Waals surface area contributed by atoms with Gasteiger partial charge in [0.1, 0.15) is 0 Å². The van der Waals surface area contributed by atoms with Gasteiger partial charge in [-0.25, -0.2) is 9.79 Å². The smallest absolute Gasteiger partial charge is 0.326 e. The van der Waals surface area contributed by atoms with Gasteiger partial charge in [0.2, 0.25) is 0 Å². The molecule has 1 aromatic heterocycles. The third kappa shape index (κ3) is 5.60. The molecule has 0 aliphatic carbocycles. The highest BCUT2D eigenvalue weighted by Gasteiger charge is 2.07. The number of rotatable bonds is 3. The van der Waals surface area contributed by atoms with Crippen LogP contribution in [0.3, 0.4) is 0 Å². The lowest BCUT2D eigenvalue weighted by Crippen LogP contribution is -2.39. The van der Waals surface area contributed by atoms with Gasteiger partial charge in [0.05, 0.1) is 12.2 Å². The number of hydrogen-bond acceptors (Lipinski definition) is 3. The molecule has 7 heteroatoms. The van der Waals surface area contributed by atoms with Gasteiger partial charge in [0.15, 0.2) is 5.96 Å². The van der Waals surface area contributed by atoms with Crippen LogP contribution in [0.1, 0.15) is 16.8 Å². The molecular formula is C16H20ClN5O. The average Bonchev–Trinajstić information content (AvgIpc) is 2.50. The van der Waals surface area contributed by atoms with Crippen molar-refractivity contribution in [3.05, 3.63) is 59.4 Å². The third-order valence-corrected chi connectivity index (χ3v) is 3.10. The minimum absolute atomic E-state index is 0. The molecule has 0 saturated heterocycles. The average molecular weight is 334 g/mol. The summed E-state index contributed by atoms with van der Waals surface area (Å²) in [4.78, 5) is 20.2. The Bertz CT molecular complexity index is 668. The van der Waals surface area contributed by atoms with E-state index < -0.39 is 6.03 Å². The number of carbonyl (C=O) groups is 1. The molecule has 0 fully saturated rings. The fraction of sp³-hybridized carbons (Fsp3) is 0.188. The van der Waals surface area contributed by atoms with Crippen molar-refractivity contribution in [3.63, 3.8) is 0 Å². The number of pyridine rings is 1. The van der Waals surface area contributed by atoms with E-state index in [1.165, 1.54) is 0 Å². The van der Waals surface area contributed by atoms with Gasteiger partial charge in [-0.1, -0.05) is 24.3 Å². The summed E-state index contributed by atoms with van der Waals surface area (Å²) < 4.78 is 0. The van der Waals surface area contributed by atoms with Crippen LogP contribution in [0.15, 0.2) is 47.6 Å². The molecule has 1 aromatic carbocycles. The molecule has 0 spiro atoms. The number of nitrogens with zero attached hydrogens (tertiary/aromatic N) is 2. The molecule has 4 N–H and O–H groups in total. The van der Waals surface area contributed by atoms with Crippen molar-refractivity contribution >= 4 is 30.1 Å². The summed E-state index contributed by atoms with van der Waals surface area (Å²) >= 11 is 0. The number of hydrogen-bond donors (Lipinski definition) is 3. The molecule has 0 bridgehead atoms. The zero-order valence-corrected chi connectivity index (χ0v) is 13.9. The Balaban J connectivity index is 0.00000264. The predicted octanol–water partition coefficient (Wildman–Crippen LogP) is 2.76. The number of aryl methyl sites for hydroxylation is 2. The van der Waals surface area contributed by atoms with Gasteiger partial charge < -0.3 is 11.1 Å². The first-order valence-corrected chi connectivity index (χ1v) is 6.90. The number of amides is 2. The first kappa shape index (κ1) is 18.4. The number of nitrogens with one attached hydrogen (secondary N) is 2. The van der Waals surface area contributed by atoms with Gasteiger partial charge in [-0.05, 0) is 37.1 Å². The van der Waals surface area contributed by atoms with Crippen molar-refractivity contribution in [1.82, 2.24) is 10.3 Å². The first-order valence-electron chi connectivity index (χ1n) is 6.90. The van der Waals surface area contributed by atoms with E-state index in [9.17, 15) is 4.79 Å². The van der Waals surface area contributed by atoms with Crippen LogP contribution in [0.2, 0.25) is 0 Å². The van der Waals surface area contributed by atoms with Crippen molar-refractivity contribution in [1.29, 1.82) is 0 Å². The van der Waals surface area contributed by atoms with Gasteiger partial charge in [-0.2, -0.15) is 0 Å². The van der Waals surface area contributed by atoms with E-state index >= 15 is 0 Å². The molecule has 0 aliphatic rings. The summed E-state index contributed by atoms with van der Waals surface area (Å²) in [6, 6.07) is 10.9. The van der Waals surface area contributed by atoms with E-state index in [4.69, 9.17) is 5.73 Å². The van der Waals surface area contributed by atoms with Crippen LogP contribution in [0, 0.1) is 13.8 Å². The van der Waals surface area contributed by atoms with Gasteiger partial charge in [0.25, 0.3) is 0 Å². The second kappa shape index (κ2) is 8.75. The van der Waals surface area contributed by atoms with E-state index in [1.807, 2.05) is 50.2 Å². The van der Waals surface area contributed by atoms with Crippen LogP contribution in [0.5, 0.6) is 0 Å². The molecule has 23 heavy (non-hydrogen) atoms. The van der Waals surface area contributed by atoms with Crippen molar-refractivity contribution < 1.29 is 4.79 Å². The number of benzene rings is 1. The number of nitrogens with two attached hydrogens (primary N) is 1. The SMILES string of the molecule is Cc1cccc(C)c1NC(=O)NC(N)=NCc1ccccn1.Cl. The molecule has 0 atom stereocenters. The van der Waals surface area contributed by atoms with Gasteiger partial charge in [0, 0.05) is 11.9 Å². The number of halogens is 1. The van der Waals surface area contributed by atoms with E-state index in [1.54, 1.807) is 6.20 Å². The van der Waals surface area contributed by atoms with Crippen molar-refractivity contribution in [3.8, 4) is 0 Å². The molecule has 122 valence electrons. The van der Waals surface area contributed by atoms with Crippen molar-refractivity contribution in [2.45, 2.75) is 20.4 Å². The van der Waals surface area contributed by atoms with Crippen LogP contribution < -0.4 is 16.4 Å². The summed E-state index contributed by atoms with van der Waals surface area (Å²) in [5.41, 5.74) is 9.23. The Hall–Kier alpha value is -2.60. The highest BCUT2D eigenvalue weighted by Crippen LogP contribution is 2.18. The Morgan fingerprint density at radius 3 is 2.48 bits per heavy atom. The standard InChI is InChI=1S/C16H19N5O.ClH/c1-11-6-5-7-12(2)14(11)20-16(22)21-15(17)19-10-13-8-3-4-9-18-13;/h3-9H,10H2,1-2H3,(H4,17,19,20,21,22);1H. The normalized spacial score (nSPS) is 10.6. The molecule has 0 aliphatic heterocycles. The van der Waals surface area contributed by atoms with Gasteiger partial charge >= 0.3 is 6.03 Å². The second-order valence-electron chi connectivity index (χ2n) is 4.87. The quantitative estimate of drug-likeness (QED) is 0.595. The number of anilines is 1. The highest BCUT2D eigenvalue weighted by atomic mass is 35.5. The zero-order chi connectivity index (χ0) is 15.9. The summed E-state index contributed by atoms with van der Waals surface area (Å²) in [6.07, 6.45) is 1.68. The largest absolute Gasteiger partial charge is 0.370 e. The van der Waals surface area contributed by atoms with Gasteiger partial charge in [-0.15, -0.1) is 12.4 Å². The Labute approximate surface area is 141 Å². The number of guanidine groups is 1. The van der Waals surface area contributed by atoms with E-state index in [0.29, 0.717) is 6.54 Å². The third-order valence-electron chi connectivity index (χ3n) is 3.10. The fourth-order valence-corrected chi connectivity index (χ4v) is 1.97. The van der Waals surface area contributed by atoms with Crippen LogP contribution in [-0.2, 0) is 6.54 Å². The minimum Gasteiger partial charge on any atom is -0.370 e. The van der Waals surface area contributed by atoms with Crippen molar-refractivity contribution in [2.24, 2.45) is 10.7 Å². The summed E-state index contributed by atoms with van der Waals surface area (Å²) in [6.45, 7) is 4.18. The Kier molecular flexibility index (Phi) is 7.02. The Morgan fingerprint density at radius 1 is 1.17 bits per heavy atom. The lowest BCUT2D eigenvalue weighted by Gasteiger charge is -2.12. The number of para-hydroxylation sites is 1. The van der Waals surface area contributed by atoms with E-state index in [2.05, 4.69) is 20.6 Å². The van der Waals surface area contributed by atoms with Crippen LogP contribution in [0.4, 0.5) is 10.5 Å². The van der Waals surface area contributed by atoms with Gasteiger partial charge in [-0.3, -0.25) is 10.3 Å². The molecule has 2 amide bonds. The molecule has 2 aromatic rings. The lowest BCUT2D eigenvalue weighted by atomic mass is 10.1. The Morgan fingerprint density at radius 2 is 1.87 bits per heavy atom. The maximum Gasteiger partial charge on any atom is 0.326 e. The summed E-state index contributed by atoms with van der Waals surface area (Å²) in [5, 5.41) is 5.28. The molecule has 0 radical (unpaired) electrons. The van der Waals surface area contributed by atoms with Crippen molar-refractivity contribution in [2.75, 3.05) is 5.32 Å². The predicted molar refractivity (Wildman–Crippen MR) is 94.9 cm³/mol. The number of carbonyl (C=O) groups excluding carboxylic acids is 1. The highest BCUT2D eigenvalue weighted by molar-refractivity contribution is 6.02. The van der Waals surface area contributed by atoms with Crippen LogP contribution in [0.25, 0.3) is 0 Å². The number of aliphatic imine (C=N–C) groups is 1. The van der Waals surface area contributed by atoms with Crippen LogP contribution in [-0.4, -0.2) is 17.0 Å². The topological polar surface area (TPSA) is 92.4 Å². The first-order chi connectivity index (χ1) is 10.6. The molecule has 0 saturated carbocycles.